The highest BCUT2D eigenvalue weighted by molar-refractivity contribution is 5.63. The van der Waals surface area contributed by atoms with E-state index >= 15 is 0 Å². The highest BCUT2D eigenvalue weighted by Gasteiger charge is 2.15. The molecule has 4 rings (SSSR count). The number of rotatable bonds is 3. The molecule has 0 radical (unpaired) electrons. The van der Waals surface area contributed by atoms with Gasteiger partial charge in [0.05, 0.1) is 12.2 Å². The average Bonchev–Trinajstić information content (AvgIpc) is 3.08. The van der Waals surface area contributed by atoms with Gasteiger partial charge in [0.2, 0.25) is 6.79 Å². The molecular formula is C18H12F2N2O3. The van der Waals surface area contributed by atoms with Crippen LogP contribution in [-0.4, -0.2) is 16.6 Å². The lowest BCUT2D eigenvalue weighted by Crippen LogP contribution is -2.22. The van der Waals surface area contributed by atoms with E-state index in [1.807, 2.05) is 6.07 Å². The Morgan fingerprint density at radius 1 is 0.960 bits per heavy atom. The number of nitrogens with zero attached hydrogens (tertiary/aromatic N) is 2. The average molecular weight is 342 g/mol. The third kappa shape index (κ3) is 2.96. The number of halogens is 2. The highest BCUT2D eigenvalue weighted by Crippen LogP contribution is 2.35. The van der Waals surface area contributed by atoms with Crippen LogP contribution in [0, 0.1) is 11.6 Å². The van der Waals surface area contributed by atoms with Crippen molar-refractivity contribution in [1.82, 2.24) is 9.78 Å². The second-order valence-corrected chi connectivity index (χ2v) is 5.53. The molecule has 0 saturated carbocycles. The van der Waals surface area contributed by atoms with Crippen molar-refractivity contribution >= 4 is 0 Å². The van der Waals surface area contributed by atoms with Crippen molar-refractivity contribution in [3.63, 3.8) is 0 Å². The predicted molar refractivity (Wildman–Crippen MR) is 85.5 cm³/mol. The van der Waals surface area contributed by atoms with Crippen molar-refractivity contribution in [2.24, 2.45) is 0 Å². The minimum atomic E-state index is -0.961. The van der Waals surface area contributed by atoms with E-state index in [4.69, 9.17) is 9.47 Å². The Labute approximate surface area is 141 Å². The summed E-state index contributed by atoms with van der Waals surface area (Å²) < 4.78 is 38.2. The van der Waals surface area contributed by atoms with Crippen LogP contribution in [0.3, 0.4) is 0 Å². The maximum atomic E-state index is 13.3. The number of fused-ring (bicyclic) bond motifs is 1. The number of aromatic nitrogens is 2. The van der Waals surface area contributed by atoms with Gasteiger partial charge in [-0.2, -0.15) is 5.10 Å². The zero-order valence-electron chi connectivity index (χ0n) is 12.9. The number of hydrogen-bond acceptors (Lipinski definition) is 4. The van der Waals surface area contributed by atoms with Gasteiger partial charge in [0.1, 0.15) is 0 Å². The SMILES string of the molecule is O=c1ccc(-c2ccc3c(c2)OCO3)nn1Cc1ccc(F)c(F)c1. The molecule has 0 saturated heterocycles. The van der Waals surface area contributed by atoms with Crippen molar-refractivity contribution in [2.45, 2.75) is 6.54 Å². The molecule has 0 unspecified atom stereocenters. The van der Waals surface area contributed by atoms with E-state index in [9.17, 15) is 13.6 Å². The molecule has 0 N–H and O–H groups in total. The van der Waals surface area contributed by atoms with Crippen LogP contribution in [0.4, 0.5) is 8.78 Å². The summed E-state index contributed by atoms with van der Waals surface area (Å²) in [6.07, 6.45) is 0. The molecule has 1 aromatic heterocycles. The molecule has 5 nitrogen and oxygen atoms in total. The molecule has 0 spiro atoms. The van der Waals surface area contributed by atoms with Crippen LogP contribution in [0.2, 0.25) is 0 Å². The molecule has 3 aromatic rings. The first kappa shape index (κ1) is 15.3. The number of ether oxygens (including phenoxy) is 2. The van der Waals surface area contributed by atoms with E-state index in [2.05, 4.69) is 5.10 Å². The van der Waals surface area contributed by atoms with Crippen molar-refractivity contribution in [3.05, 3.63) is 76.1 Å². The standard InChI is InChI=1S/C18H12F2N2O3/c19-13-3-1-11(7-14(13)20)9-22-18(23)6-4-15(21-22)12-2-5-16-17(8-12)25-10-24-16/h1-8H,9-10H2. The molecule has 1 aliphatic rings. The van der Waals surface area contributed by atoms with Crippen molar-refractivity contribution in [2.75, 3.05) is 6.79 Å². The first-order valence-electron chi connectivity index (χ1n) is 7.52. The third-order valence-corrected chi connectivity index (χ3v) is 3.85. The van der Waals surface area contributed by atoms with Gasteiger partial charge in [0, 0.05) is 11.6 Å². The van der Waals surface area contributed by atoms with Gasteiger partial charge in [0.15, 0.2) is 23.1 Å². The van der Waals surface area contributed by atoms with Crippen molar-refractivity contribution in [1.29, 1.82) is 0 Å². The normalized spacial score (nSPS) is 12.4. The first-order valence-corrected chi connectivity index (χ1v) is 7.52. The van der Waals surface area contributed by atoms with Crippen LogP contribution in [-0.2, 0) is 6.54 Å². The van der Waals surface area contributed by atoms with Crippen LogP contribution < -0.4 is 15.0 Å². The molecular weight excluding hydrogens is 330 g/mol. The van der Waals surface area contributed by atoms with Crippen LogP contribution in [0.5, 0.6) is 11.5 Å². The van der Waals surface area contributed by atoms with E-state index < -0.39 is 11.6 Å². The maximum absolute atomic E-state index is 13.3. The number of benzene rings is 2. The molecule has 0 fully saturated rings. The third-order valence-electron chi connectivity index (χ3n) is 3.85. The smallest absolute Gasteiger partial charge is 0.267 e. The number of hydrogen-bond donors (Lipinski definition) is 0. The second-order valence-electron chi connectivity index (χ2n) is 5.53. The van der Waals surface area contributed by atoms with Gasteiger partial charge in [-0.25, -0.2) is 13.5 Å². The highest BCUT2D eigenvalue weighted by atomic mass is 19.2. The minimum Gasteiger partial charge on any atom is -0.454 e. The topological polar surface area (TPSA) is 53.4 Å². The Hall–Kier alpha value is -3.22. The Bertz CT molecular complexity index is 1020. The van der Waals surface area contributed by atoms with Crippen LogP contribution >= 0.6 is 0 Å². The lowest BCUT2D eigenvalue weighted by Gasteiger charge is -2.08. The molecule has 0 bridgehead atoms. The fourth-order valence-electron chi connectivity index (χ4n) is 2.58. The Morgan fingerprint density at radius 2 is 1.80 bits per heavy atom. The second kappa shape index (κ2) is 6.01. The summed E-state index contributed by atoms with van der Waals surface area (Å²) in [6.45, 7) is 0.205. The summed E-state index contributed by atoms with van der Waals surface area (Å²) in [5.41, 5.74) is 1.41. The molecule has 0 amide bonds. The quantitative estimate of drug-likeness (QED) is 0.734. The predicted octanol–water partition coefficient (Wildman–Crippen LogP) is 2.97. The van der Waals surface area contributed by atoms with Gasteiger partial charge in [-0.1, -0.05) is 6.07 Å². The maximum Gasteiger partial charge on any atom is 0.267 e. The van der Waals surface area contributed by atoms with E-state index in [1.165, 1.54) is 16.8 Å². The molecule has 2 heterocycles. The molecule has 25 heavy (non-hydrogen) atoms. The summed E-state index contributed by atoms with van der Waals surface area (Å²) in [7, 11) is 0. The summed E-state index contributed by atoms with van der Waals surface area (Å²) in [5, 5.41) is 4.31. The Kier molecular flexibility index (Phi) is 3.68. The first-order chi connectivity index (χ1) is 12.1. The zero-order chi connectivity index (χ0) is 17.4. The van der Waals surface area contributed by atoms with E-state index in [0.29, 0.717) is 22.8 Å². The van der Waals surface area contributed by atoms with E-state index in [-0.39, 0.29) is 18.9 Å². The van der Waals surface area contributed by atoms with Gasteiger partial charge in [-0.05, 0) is 42.0 Å². The lowest BCUT2D eigenvalue weighted by atomic mass is 10.1. The van der Waals surface area contributed by atoms with Gasteiger partial charge >= 0.3 is 0 Å². The fourth-order valence-corrected chi connectivity index (χ4v) is 2.58. The molecule has 0 aliphatic carbocycles. The summed E-state index contributed by atoms with van der Waals surface area (Å²) in [4.78, 5) is 12.0. The summed E-state index contributed by atoms with van der Waals surface area (Å²) >= 11 is 0. The van der Waals surface area contributed by atoms with Crippen LogP contribution in [0.25, 0.3) is 11.3 Å². The molecule has 0 atom stereocenters. The largest absolute Gasteiger partial charge is 0.454 e. The Balaban J connectivity index is 1.69. The van der Waals surface area contributed by atoms with Crippen LogP contribution in [0.15, 0.2) is 53.3 Å². The van der Waals surface area contributed by atoms with Gasteiger partial charge in [-0.15, -0.1) is 0 Å². The van der Waals surface area contributed by atoms with Gasteiger partial charge < -0.3 is 9.47 Å². The summed E-state index contributed by atoms with van der Waals surface area (Å²) in [5.74, 6) is -0.632. The minimum absolute atomic E-state index is 0.0361. The molecule has 7 heteroatoms. The summed E-state index contributed by atoms with van der Waals surface area (Å²) in [6, 6.07) is 11.8. The molecule has 1 aliphatic heterocycles. The van der Waals surface area contributed by atoms with Crippen molar-refractivity contribution in [3.8, 4) is 22.8 Å². The van der Waals surface area contributed by atoms with Gasteiger partial charge in [-0.3, -0.25) is 4.79 Å². The van der Waals surface area contributed by atoms with E-state index in [0.717, 1.165) is 17.7 Å². The van der Waals surface area contributed by atoms with E-state index in [1.54, 1.807) is 18.2 Å². The fraction of sp³-hybridized carbons (Fsp3) is 0.111. The Morgan fingerprint density at radius 3 is 2.64 bits per heavy atom. The molecule has 2 aromatic carbocycles. The van der Waals surface area contributed by atoms with Gasteiger partial charge in [0.25, 0.3) is 5.56 Å². The lowest BCUT2D eigenvalue weighted by molar-refractivity contribution is 0.174. The zero-order valence-corrected chi connectivity index (χ0v) is 12.9. The molecule has 126 valence electrons. The van der Waals surface area contributed by atoms with Crippen LogP contribution in [0.1, 0.15) is 5.56 Å². The monoisotopic (exact) mass is 342 g/mol. The van der Waals surface area contributed by atoms with Crippen molar-refractivity contribution < 1.29 is 18.3 Å².